The third-order valence-corrected chi connectivity index (χ3v) is 5.40. The lowest BCUT2D eigenvalue weighted by atomic mass is 9.86. The van der Waals surface area contributed by atoms with Crippen LogP contribution in [0.3, 0.4) is 0 Å². The first-order valence-electron chi connectivity index (χ1n) is 10.2. The molecule has 1 aliphatic rings. The molecule has 0 saturated heterocycles. The van der Waals surface area contributed by atoms with E-state index in [1.807, 2.05) is 55.5 Å². The Kier molecular flexibility index (Phi) is 4.31. The van der Waals surface area contributed by atoms with Crippen molar-refractivity contribution in [2.24, 2.45) is 5.92 Å². The van der Waals surface area contributed by atoms with E-state index in [9.17, 15) is 4.79 Å². The quantitative estimate of drug-likeness (QED) is 0.372. The topological polar surface area (TPSA) is 67.2 Å². The van der Waals surface area contributed by atoms with E-state index in [2.05, 4.69) is 35.7 Å². The van der Waals surface area contributed by atoms with Crippen molar-refractivity contribution in [1.82, 2.24) is 5.16 Å². The molecule has 0 spiro atoms. The predicted octanol–water partition coefficient (Wildman–Crippen LogP) is 6.16. The Morgan fingerprint density at radius 3 is 2.57 bits per heavy atom. The second kappa shape index (κ2) is 7.02. The maximum Gasteiger partial charge on any atom is 0.196 e. The van der Waals surface area contributed by atoms with Crippen molar-refractivity contribution >= 4 is 33.7 Å². The fourth-order valence-electron chi connectivity index (χ4n) is 3.98. The van der Waals surface area contributed by atoms with Gasteiger partial charge in [-0.2, -0.15) is 0 Å². The highest BCUT2D eigenvalue weighted by atomic mass is 16.5. The molecular weight excluding hydrogens is 374 g/mol. The van der Waals surface area contributed by atoms with E-state index in [1.54, 1.807) is 0 Å². The van der Waals surface area contributed by atoms with E-state index in [0.717, 1.165) is 40.1 Å². The molecule has 3 aromatic carbocycles. The Morgan fingerprint density at radius 2 is 1.80 bits per heavy atom. The van der Waals surface area contributed by atoms with Crippen molar-refractivity contribution in [3.8, 4) is 11.3 Å². The number of ketones is 1. The monoisotopic (exact) mass is 397 g/mol. The van der Waals surface area contributed by atoms with Crippen LogP contribution in [-0.4, -0.2) is 17.5 Å². The number of carbonyl (C=O) groups is 1. The lowest BCUT2D eigenvalue weighted by Crippen LogP contribution is -2.13. The van der Waals surface area contributed by atoms with E-state index in [1.165, 1.54) is 0 Å². The Bertz CT molecular complexity index is 1290. The van der Waals surface area contributed by atoms with E-state index in [0.29, 0.717) is 28.3 Å². The second-order valence-electron chi connectivity index (χ2n) is 8.23. The second-order valence-corrected chi connectivity index (χ2v) is 8.23. The van der Waals surface area contributed by atoms with Gasteiger partial charge >= 0.3 is 0 Å². The highest BCUT2D eigenvalue weighted by Crippen LogP contribution is 2.45. The molecule has 2 N–H and O–H groups in total. The molecule has 0 bridgehead atoms. The molecule has 1 aliphatic carbocycles. The zero-order chi connectivity index (χ0) is 20.8. The zero-order valence-electron chi connectivity index (χ0n) is 17.2. The number of benzene rings is 3. The largest absolute Gasteiger partial charge is 0.383 e. The maximum atomic E-state index is 13.5. The average Bonchev–Trinajstić information content (AvgIpc) is 3.16. The third-order valence-electron chi connectivity index (χ3n) is 5.40. The molecule has 4 aromatic rings. The Balaban J connectivity index is 1.75. The Morgan fingerprint density at radius 1 is 1.00 bits per heavy atom. The van der Waals surface area contributed by atoms with Crippen molar-refractivity contribution in [2.75, 3.05) is 17.2 Å². The van der Waals surface area contributed by atoms with Crippen molar-refractivity contribution in [3.05, 3.63) is 71.3 Å². The van der Waals surface area contributed by atoms with E-state index in [4.69, 9.17) is 4.52 Å². The van der Waals surface area contributed by atoms with Crippen molar-refractivity contribution in [3.63, 3.8) is 0 Å². The molecule has 1 aromatic heterocycles. The lowest BCUT2D eigenvalue weighted by Gasteiger charge is -2.20. The van der Waals surface area contributed by atoms with Crippen molar-refractivity contribution < 1.29 is 9.32 Å². The SMILES string of the molecule is Cc1cccc(Nc2cc(NCC(C)C)c3noc4c3c2C(=O)c2ccccc2-4)c1. The molecule has 5 heteroatoms. The van der Waals surface area contributed by atoms with E-state index < -0.39 is 0 Å². The molecule has 0 radical (unpaired) electrons. The summed E-state index contributed by atoms with van der Waals surface area (Å²) in [6, 6.07) is 17.6. The van der Waals surface area contributed by atoms with Crippen molar-refractivity contribution in [1.29, 1.82) is 0 Å². The molecule has 5 nitrogen and oxygen atoms in total. The number of rotatable bonds is 5. The number of hydrogen-bond donors (Lipinski definition) is 2. The molecular formula is C25H23N3O2. The van der Waals surface area contributed by atoms with Gasteiger partial charge in [0.05, 0.1) is 22.3 Å². The smallest absolute Gasteiger partial charge is 0.196 e. The fourth-order valence-corrected chi connectivity index (χ4v) is 3.98. The number of nitrogens with one attached hydrogen (secondary N) is 2. The van der Waals surface area contributed by atoms with Crippen LogP contribution in [0.25, 0.3) is 22.2 Å². The molecule has 30 heavy (non-hydrogen) atoms. The molecule has 150 valence electrons. The Labute approximate surface area is 175 Å². The van der Waals surface area contributed by atoms with Gasteiger partial charge in [-0.05, 0) is 36.6 Å². The predicted molar refractivity (Wildman–Crippen MR) is 121 cm³/mol. The third kappa shape index (κ3) is 2.94. The van der Waals surface area contributed by atoms with Crippen LogP contribution < -0.4 is 10.6 Å². The standard InChI is InChI=1S/C25H23N3O2/c1-14(2)13-26-20-12-19(27-16-8-6-7-15(3)11-16)21-22-23(20)28-30-25(22)18-10-5-4-9-17(18)24(21)29/h4-12,14,26-27H,13H2,1-3H3. The van der Waals surface area contributed by atoms with E-state index in [-0.39, 0.29) is 5.78 Å². The summed E-state index contributed by atoms with van der Waals surface area (Å²) in [5.41, 5.74) is 6.43. The summed E-state index contributed by atoms with van der Waals surface area (Å²) in [5, 5.41) is 12.1. The summed E-state index contributed by atoms with van der Waals surface area (Å²) in [6.07, 6.45) is 0. The van der Waals surface area contributed by atoms with Crippen LogP contribution in [0.1, 0.15) is 35.3 Å². The van der Waals surface area contributed by atoms with Crippen molar-refractivity contribution in [2.45, 2.75) is 20.8 Å². The minimum Gasteiger partial charge on any atom is -0.383 e. The minimum atomic E-state index is -0.0168. The van der Waals surface area contributed by atoms with Gasteiger partial charge in [0, 0.05) is 23.4 Å². The average molecular weight is 397 g/mol. The summed E-state index contributed by atoms with van der Waals surface area (Å²) in [5.74, 6) is 1.10. The number of anilines is 3. The number of aromatic nitrogens is 1. The highest BCUT2D eigenvalue weighted by Gasteiger charge is 2.32. The number of nitrogens with zero attached hydrogens (tertiary/aromatic N) is 1. The normalized spacial score (nSPS) is 12.3. The summed E-state index contributed by atoms with van der Waals surface area (Å²) >= 11 is 0. The first-order valence-corrected chi connectivity index (χ1v) is 10.2. The van der Waals surface area contributed by atoms with Gasteiger partial charge in [0.2, 0.25) is 0 Å². The number of carbonyl (C=O) groups excluding carboxylic acids is 1. The fraction of sp³-hybridized carbons (Fsp3) is 0.200. The van der Waals surface area contributed by atoms with Crippen LogP contribution in [0, 0.1) is 12.8 Å². The summed E-state index contributed by atoms with van der Waals surface area (Å²) in [7, 11) is 0. The zero-order valence-corrected chi connectivity index (χ0v) is 17.2. The molecule has 0 aliphatic heterocycles. The molecule has 0 unspecified atom stereocenters. The lowest BCUT2D eigenvalue weighted by molar-refractivity contribution is 0.104. The maximum absolute atomic E-state index is 13.5. The summed E-state index contributed by atoms with van der Waals surface area (Å²) in [4.78, 5) is 13.5. The number of fused-ring (bicyclic) bond motifs is 2. The summed E-state index contributed by atoms with van der Waals surface area (Å²) < 4.78 is 5.77. The van der Waals surface area contributed by atoms with Crippen LogP contribution >= 0.6 is 0 Å². The van der Waals surface area contributed by atoms with Gasteiger partial charge in [0.25, 0.3) is 0 Å². The van der Waals surface area contributed by atoms with Gasteiger partial charge in [-0.15, -0.1) is 0 Å². The minimum absolute atomic E-state index is 0.0168. The molecule has 0 amide bonds. The van der Waals surface area contributed by atoms with Gasteiger partial charge in [-0.1, -0.05) is 55.4 Å². The van der Waals surface area contributed by atoms with Gasteiger partial charge in [-0.3, -0.25) is 4.79 Å². The first-order chi connectivity index (χ1) is 14.5. The first kappa shape index (κ1) is 18.4. The molecule has 0 atom stereocenters. The molecule has 1 heterocycles. The molecule has 5 rings (SSSR count). The van der Waals surface area contributed by atoms with Gasteiger partial charge in [0.15, 0.2) is 11.5 Å². The van der Waals surface area contributed by atoms with Crippen LogP contribution in [0.5, 0.6) is 0 Å². The molecule has 0 fully saturated rings. The Hall–Kier alpha value is -3.60. The van der Waals surface area contributed by atoms with Crippen LogP contribution in [0.2, 0.25) is 0 Å². The number of aryl methyl sites for hydroxylation is 1. The number of hydrogen-bond acceptors (Lipinski definition) is 5. The van der Waals surface area contributed by atoms with E-state index >= 15 is 0 Å². The summed E-state index contributed by atoms with van der Waals surface area (Å²) in [6.45, 7) is 7.15. The van der Waals surface area contributed by atoms with Gasteiger partial charge < -0.3 is 15.2 Å². The highest BCUT2D eigenvalue weighted by molar-refractivity contribution is 6.28. The van der Waals surface area contributed by atoms with Crippen LogP contribution in [0.15, 0.2) is 59.1 Å². The van der Waals surface area contributed by atoms with Gasteiger partial charge in [0.1, 0.15) is 5.52 Å². The van der Waals surface area contributed by atoms with Gasteiger partial charge in [-0.25, -0.2) is 0 Å². The van der Waals surface area contributed by atoms with Crippen LogP contribution in [0.4, 0.5) is 17.1 Å². The molecule has 0 saturated carbocycles. The van der Waals surface area contributed by atoms with Crippen LogP contribution in [-0.2, 0) is 0 Å².